The largest absolute Gasteiger partial charge is 0.493 e. The van der Waals surface area contributed by atoms with Gasteiger partial charge in [0.2, 0.25) is 5.91 Å². The van der Waals surface area contributed by atoms with Crippen LogP contribution in [0.25, 0.3) is 0 Å². The standard InChI is InChI=1S/C24H32FN3O3/c1-18(24(29)26-12-11-19-5-10-22(30-2)23(17-19)31-3)27-13-4-14-28(16-15-27)21-8-6-20(25)7-9-21/h5-10,17-18H,4,11-16H2,1-3H3,(H,26,29). The SMILES string of the molecule is COc1ccc(CCNC(=O)C(C)N2CCCN(c3ccc(F)cc3)CC2)cc1OC. The molecule has 1 unspecified atom stereocenters. The first kappa shape index (κ1) is 22.9. The highest BCUT2D eigenvalue weighted by atomic mass is 19.1. The second-order valence-electron chi connectivity index (χ2n) is 7.76. The Labute approximate surface area is 183 Å². The molecule has 0 aromatic heterocycles. The van der Waals surface area contributed by atoms with Crippen LogP contribution in [0.1, 0.15) is 18.9 Å². The Morgan fingerprint density at radius 3 is 2.48 bits per heavy atom. The lowest BCUT2D eigenvalue weighted by atomic mass is 10.1. The molecular formula is C24H32FN3O3. The fourth-order valence-corrected chi connectivity index (χ4v) is 3.91. The fourth-order valence-electron chi connectivity index (χ4n) is 3.91. The van der Waals surface area contributed by atoms with E-state index in [1.165, 1.54) is 12.1 Å². The van der Waals surface area contributed by atoms with Crippen LogP contribution in [-0.4, -0.2) is 63.8 Å². The highest BCUT2D eigenvalue weighted by Gasteiger charge is 2.24. The maximum absolute atomic E-state index is 13.2. The van der Waals surface area contributed by atoms with Gasteiger partial charge < -0.3 is 19.7 Å². The van der Waals surface area contributed by atoms with Gasteiger partial charge in [-0.2, -0.15) is 0 Å². The summed E-state index contributed by atoms with van der Waals surface area (Å²) in [7, 11) is 3.23. The number of anilines is 1. The zero-order valence-electron chi connectivity index (χ0n) is 18.6. The van der Waals surface area contributed by atoms with Crippen molar-refractivity contribution in [2.45, 2.75) is 25.8 Å². The highest BCUT2D eigenvalue weighted by molar-refractivity contribution is 5.81. The number of nitrogens with zero attached hydrogens (tertiary/aromatic N) is 2. The lowest BCUT2D eigenvalue weighted by molar-refractivity contribution is -0.125. The molecule has 6 nitrogen and oxygen atoms in total. The second kappa shape index (κ2) is 11.0. The van der Waals surface area contributed by atoms with Gasteiger partial charge in [0.1, 0.15) is 5.82 Å². The van der Waals surface area contributed by atoms with Crippen LogP contribution >= 0.6 is 0 Å². The van der Waals surface area contributed by atoms with Crippen molar-refractivity contribution in [2.24, 2.45) is 0 Å². The van der Waals surface area contributed by atoms with Gasteiger partial charge >= 0.3 is 0 Å². The summed E-state index contributed by atoms with van der Waals surface area (Å²) in [6.45, 7) is 5.89. The van der Waals surface area contributed by atoms with Crippen molar-refractivity contribution in [1.82, 2.24) is 10.2 Å². The predicted molar refractivity (Wildman–Crippen MR) is 121 cm³/mol. The van der Waals surface area contributed by atoms with Crippen molar-refractivity contribution in [1.29, 1.82) is 0 Å². The van der Waals surface area contributed by atoms with Crippen molar-refractivity contribution in [2.75, 3.05) is 51.8 Å². The lowest BCUT2D eigenvalue weighted by Crippen LogP contribution is -2.47. The van der Waals surface area contributed by atoms with E-state index in [2.05, 4.69) is 15.1 Å². The van der Waals surface area contributed by atoms with Crippen molar-refractivity contribution in [3.8, 4) is 11.5 Å². The Morgan fingerprint density at radius 1 is 1.03 bits per heavy atom. The average Bonchev–Trinajstić information content (AvgIpc) is 3.05. The monoisotopic (exact) mass is 429 g/mol. The van der Waals surface area contributed by atoms with Gasteiger partial charge in [-0.3, -0.25) is 9.69 Å². The first-order valence-corrected chi connectivity index (χ1v) is 10.7. The van der Waals surface area contributed by atoms with E-state index in [0.29, 0.717) is 18.0 Å². The zero-order chi connectivity index (χ0) is 22.2. The number of hydrogen-bond donors (Lipinski definition) is 1. The molecule has 1 atom stereocenters. The number of rotatable bonds is 8. The van der Waals surface area contributed by atoms with Gasteiger partial charge in [-0.05, 0) is 61.7 Å². The third-order valence-electron chi connectivity index (χ3n) is 5.81. The normalized spacial score (nSPS) is 15.8. The maximum Gasteiger partial charge on any atom is 0.237 e. The number of hydrogen-bond acceptors (Lipinski definition) is 5. The highest BCUT2D eigenvalue weighted by Crippen LogP contribution is 2.27. The van der Waals surface area contributed by atoms with E-state index in [1.807, 2.05) is 37.3 Å². The molecule has 1 fully saturated rings. The Hall–Kier alpha value is -2.80. The minimum absolute atomic E-state index is 0.0377. The molecule has 168 valence electrons. The van der Waals surface area contributed by atoms with Crippen molar-refractivity contribution < 1.29 is 18.7 Å². The first-order chi connectivity index (χ1) is 15.0. The third kappa shape index (κ3) is 6.10. The average molecular weight is 430 g/mol. The van der Waals surface area contributed by atoms with E-state index in [1.54, 1.807) is 14.2 Å². The van der Waals surface area contributed by atoms with Crippen LogP contribution in [0, 0.1) is 5.82 Å². The Morgan fingerprint density at radius 2 is 1.77 bits per heavy atom. The van der Waals surface area contributed by atoms with Crippen LogP contribution < -0.4 is 19.7 Å². The quantitative estimate of drug-likeness (QED) is 0.699. The molecule has 7 heteroatoms. The molecule has 2 aromatic rings. The van der Waals surface area contributed by atoms with E-state index in [0.717, 1.165) is 50.3 Å². The molecule has 0 aliphatic carbocycles. The van der Waals surface area contributed by atoms with E-state index in [4.69, 9.17) is 9.47 Å². The van der Waals surface area contributed by atoms with Crippen LogP contribution in [-0.2, 0) is 11.2 Å². The van der Waals surface area contributed by atoms with Crippen LogP contribution in [0.3, 0.4) is 0 Å². The zero-order valence-corrected chi connectivity index (χ0v) is 18.6. The van der Waals surface area contributed by atoms with Crippen molar-refractivity contribution in [3.63, 3.8) is 0 Å². The lowest BCUT2D eigenvalue weighted by Gasteiger charge is -2.27. The summed E-state index contributed by atoms with van der Waals surface area (Å²) >= 11 is 0. The minimum atomic E-state index is -0.224. The van der Waals surface area contributed by atoms with Gasteiger partial charge in [0, 0.05) is 38.4 Å². The summed E-state index contributed by atoms with van der Waals surface area (Å²) in [6, 6.07) is 12.2. The molecular weight excluding hydrogens is 397 g/mol. The molecule has 1 aliphatic rings. The summed E-state index contributed by atoms with van der Waals surface area (Å²) < 4.78 is 23.8. The molecule has 0 radical (unpaired) electrons. The Bertz CT molecular complexity index is 860. The number of nitrogens with one attached hydrogen (secondary N) is 1. The number of halogens is 1. The number of methoxy groups -OCH3 is 2. The van der Waals surface area contributed by atoms with E-state index in [-0.39, 0.29) is 17.8 Å². The van der Waals surface area contributed by atoms with Gasteiger partial charge in [0.05, 0.1) is 20.3 Å². The molecule has 0 saturated carbocycles. The summed E-state index contributed by atoms with van der Waals surface area (Å²) in [4.78, 5) is 17.2. The molecule has 3 rings (SSSR count). The number of carbonyl (C=O) groups is 1. The fraction of sp³-hybridized carbons (Fsp3) is 0.458. The predicted octanol–water partition coefficient (Wildman–Crippen LogP) is 3.10. The minimum Gasteiger partial charge on any atom is -0.493 e. The second-order valence-corrected chi connectivity index (χ2v) is 7.76. The van der Waals surface area contributed by atoms with Gasteiger partial charge in [0.25, 0.3) is 0 Å². The van der Waals surface area contributed by atoms with Crippen molar-refractivity contribution in [3.05, 3.63) is 53.8 Å². The van der Waals surface area contributed by atoms with Crippen LogP contribution in [0.2, 0.25) is 0 Å². The van der Waals surface area contributed by atoms with Gasteiger partial charge in [-0.15, -0.1) is 0 Å². The van der Waals surface area contributed by atoms with Crippen molar-refractivity contribution >= 4 is 11.6 Å². The molecule has 1 N–H and O–H groups in total. The van der Waals surface area contributed by atoms with E-state index >= 15 is 0 Å². The molecule has 1 aliphatic heterocycles. The molecule has 31 heavy (non-hydrogen) atoms. The Kier molecular flexibility index (Phi) is 8.12. The summed E-state index contributed by atoms with van der Waals surface area (Å²) in [5.74, 6) is 1.20. The first-order valence-electron chi connectivity index (χ1n) is 10.7. The smallest absolute Gasteiger partial charge is 0.237 e. The molecule has 1 saturated heterocycles. The van der Waals surface area contributed by atoms with Crippen LogP contribution in [0.15, 0.2) is 42.5 Å². The van der Waals surface area contributed by atoms with Gasteiger partial charge in [0.15, 0.2) is 11.5 Å². The molecule has 0 spiro atoms. The number of carbonyl (C=O) groups excluding carboxylic acids is 1. The number of ether oxygens (including phenoxy) is 2. The molecule has 2 aromatic carbocycles. The van der Waals surface area contributed by atoms with Crippen LogP contribution in [0.4, 0.5) is 10.1 Å². The number of benzene rings is 2. The topological polar surface area (TPSA) is 54.0 Å². The van der Waals surface area contributed by atoms with Gasteiger partial charge in [-0.25, -0.2) is 4.39 Å². The number of amides is 1. The summed E-state index contributed by atoms with van der Waals surface area (Å²) in [5, 5.41) is 3.06. The summed E-state index contributed by atoms with van der Waals surface area (Å²) in [6.07, 6.45) is 1.68. The van der Waals surface area contributed by atoms with E-state index < -0.39 is 0 Å². The van der Waals surface area contributed by atoms with Gasteiger partial charge in [-0.1, -0.05) is 6.07 Å². The molecule has 0 bridgehead atoms. The van der Waals surface area contributed by atoms with Crippen LogP contribution in [0.5, 0.6) is 11.5 Å². The maximum atomic E-state index is 13.2. The van der Waals surface area contributed by atoms with E-state index in [9.17, 15) is 9.18 Å². The Balaban J connectivity index is 1.48. The molecule has 1 amide bonds. The summed E-state index contributed by atoms with van der Waals surface area (Å²) in [5.41, 5.74) is 2.10. The third-order valence-corrected chi connectivity index (χ3v) is 5.81. The molecule has 1 heterocycles.